The van der Waals surface area contributed by atoms with E-state index >= 15 is 0 Å². The number of para-hydroxylation sites is 1. The van der Waals surface area contributed by atoms with E-state index in [2.05, 4.69) is 25.7 Å². The Morgan fingerprint density at radius 2 is 2.03 bits per heavy atom. The molecule has 2 amide bonds. The molecule has 7 nitrogen and oxygen atoms in total. The van der Waals surface area contributed by atoms with Crippen LogP contribution in [-0.4, -0.2) is 64.9 Å². The molecule has 0 spiro atoms. The highest BCUT2D eigenvalue weighted by Gasteiger charge is 2.56. The third-order valence-electron chi connectivity index (χ3n) is 10.0. The van der Waals surface area contributed by atoms with Crippen molar-refractivity contribution in [1.29, 1.82) is 0 Å². The Bertz CT molecular complexity index is 1110. The van der Waals surface area contributed by atoms with Crippen molar-refractivity contribution in [3.8, 4) is 5.75 Å². The fourth-order valence-corrected chi connectivity index (χ4v) is 7.72. The first-order valence-corrected chi connectivity index (χ1v) is 14.7. The molecule has 1 heterocycles. The van der Waals surface area contributed by atoms with E-state index in [1.54, 1.807) is 0 Å². The molecule has 7 unspecified atom stereocenters. The van der Waals surface area contributed by atoms with Crippen LogP contribution in [0.1, 0.15) is 70.3 Å². The Kier molecular flexibility index (Phi) is 8.20. The molecule has 2 bridgehead atoms. The van der Waals surface area contributed by atoms with Gasteiger partial charge in [-0.1, -0.05) is 38.1 Å². The van der Waals surface area contributed by atoms with Gasteiger partial charge in [0, 0.05) is 30.6 Å². The summed E-state index contributed by atoms with van der Waals surface area (Å²) in [6.07, 6.45) is 8.43. The molecule has 7 atom stereocenters. The van der Waals surface area contributed by atoms with Gasteiger partial charge < -0.3 is 25.2 Å². The number of hydrogen-bond donors (Lipinski definition) is 3. The maximum atomic E-state index is 13.8. The van der Waals surface area contributed by atoms with Gasteiger partial charge in [0.25, 0.3) is 0 Å². The molecule has 212 valence electrons. The lowest BCUT2D eigenvalue weighted by molar-refractivity contribution is -0.146. The highest BCUT2D eigenvalue weighted by Crippen LogP contribution is 2.61. The van der Waals surface area contributed by atoms with E-state index in [0.29, 0.717) is 36.1 Å². The van der Waals surface area contributed by atoms with Crippen LogP contribution in [-0.2, 0) is 9.59 Å². The minimum atomic E-state index is -0.973. The average molecular weight is 537 g/mol. The van der Waals surface area contributed by atoms with Gasteiger partial charge in [0.15, 0.2) is 0 Å². The fraction of sp³-hybridized carbons (Fsp3) is 0.625. The average Bonchev–Trinajstić information content (AvgIpc) is 3.33. The second kappa shape index (κ2) is 11.5. The molecule has 39 heavy (non-hydrogen) atoms. The summed E-state index contributed by atoms with van der Waals surface area (Å²) in [5, 5.41) is 23.9. The van der Waals surface area contributed by atoms with Crippen molar-refractivity contribution in [3.05, 3.63) is 54.1 Å². The number of rotatable bonds is 11. The Labute approximate surface area is 232 Å². The quantitative estimate of drug-likeness (QED) is 0.294. The number of nitrogens with one attached hydrogen (secondary N) is 1. The molecule has 6 rings (SSSR count). The van der Waals surface area contributed by atoms with Gasteiger partial charge >= 0.3 is 0 Å². The summed E-state index contributed by atoms with van der Waals surface area (Å²) in [5.74, 6) is 1.63. The summed E-state index contributed by atoms with van der Waals surface area (Å²) in [6, 6.07) is 6.91. The van der Waals surface area contributed by atoms with Crippen molar-refractivity contribution >= 4 is 11.8 Å². The van der Waals surface area contributed by atoms with Crippen molar-refractivity contribution in [2.45, 2.75) is 83.0 Å². The first-order valence-electron chi connectivity index (χ1n) is 14.7. The van der Waals surface area contributed by atoms with Crippen LogP contribution in [0.4, 0.5) is 0 Å². The highest BCUT2D eigenvalue weighted by molar-refractivity contribution is 5.96. The van der Waals surface area contributed by atoms with Crippen molar-refractivity contribution in [3.63, 3.8) is 0 Å². The van der Waals surface area contributed by atoms with E-state index in [1.165, 1.54) is 12.8 Å². The molecular weight excluding hydrogens is 492 g/mol. The van der Waals surface area contributed by atoms with Gasteiger partial charge in [-0.15, -0.1) is 6.58 Å². The van der Waals surface area contributed by atoms with Gasteiger partial charge in [0.1, 0.15) is 18.0 Å². The van der Waals surface area contributed by atoms with Gasteiger partial charge in [0.05, 0.1) is 18.6 Å². The molecule has 1 aromatic carbocycles. The fourth-order valence-electron chi connectivity index (χ4n) is 7.72. The molecule has 5 aliphatic rings. The number of benzene rings is 1. The minimum absolute atomic E-state index is 0.0164. The number of aliphatic hydroxyl groups is 2. The largest absolute Gasteiger partial charge is 0.486 e. The maximum Gasteiger partial charge on any atom is 0.247 e. The van der Waals surface area contributed by atoms with Gasteiger partial charge in [-0.05, 0) is 73.8 Å². The second-order valence-corrected chi connectivity index (χ2v) is 12.5. The predicted octanol–water partition coefficient (Wildman–Crippen LogP) is 3.96. The van der Waals surface area contributed by atoms with Crippen LogP contribution in [0.3, 0.4) is 0 Å². The Morgan fingerprint density at radius 3 is 2.74 bits per heavy atom. The number of amides is 2. The van der Waals surface area contributed by atoms with E-state index in [4.69, 9.17) is 4.74 Å². The van der Waals surface area contributed by atoms with Crippen LogP contribution in [0.2, 0.25) is 0 Å². The zero-order valence-electron chi connectivity index (χ0n) is 23.4. The van der Waals surface area contributed by atoms with E-state index in [0.717, 1.165) is 37.2 Å². The van der Waals surface area contributed by atoms with E-state index < -0.39 is 24.2 Å². The highest BCUT2D eigenvalue weighted by atomic mass is 16.5. The van der Waals surface area contributed by atoms with E-state index in [9.17, 15) is 19.8 Å². The number of aliphatic hydroxyl groups excluding tert-OH is 2. The summed E-state index contributed by atoms with van der Waals surface area (Å²) in [7, 11) is 0. The number of allylic oxidation sites excluding steroid dienone is 1. The van der Waals surface area contributed by atoms with Crippen LogP contribution in [0.5, 0.6) is 5.75 Å². The molecule has 4 aliphatic carbocycles. The molecule has 0 aromatic heterocycles. The van der Waals surface area contributed by atoms with Crippen LogP contribution in [0, 0.1) is 23.2 Å². The zero-order chi connectivity index (χ0) is 27.7. The van der Waals surface area contributed by atoms with Crippen molar-refractivity contribution in [2.75, 3.05) is 19.7 Å². The Balaban J connectivity index is 1.47. The Hall–Kier alpha value is -2.64. The molecule has 1 aliphatic heterocycles. The second-order valence-electron chi connectivity index (χ2n) is 12.5. The van der Waals surface area contributed by atoms with Crippen LogP contribution in [0.25, 0.3) is 0 Å². The Morgan fingerprint density at radius 1 is 1.23 bits per heavy atom. The van der Waals surface area contributed by atoms with Gasteiger partial charge in [-0.3, -0.25) is 9.59 Å². The molecule has 7 heteroatoms. The van der Waals surface area contributed by atoms with Crippen molar-refractivity contribution in [1.82, 2.24) is 10.2 Å². The molecule has 0 saturated heterocycles. The maximum absolute atomic E-state index is 13.8. The van der Waals surface area contributed by atoms with E-state index in [-0.39, 0.29) is 30.4 Å². The SMILES string of the molecule is C=CCCCCC(=O)N(CC1CCC2CC1C2(C)C)C1C=C(C(=O)NCCO)C2c3ccccc3OC2C1O. The smallest absolute Gasteiger partial charge is 0.247 e. The molecular formula is C32H44N2O5. The number of unbranched alkanes of at least 4 members (excludes halogenated alkanes) is 2. The number of nitrogens with zero attached hydrogens (tertiary/aromatic N) is 1. The van der Waals surface area contributed by atoms with Crippen LogP contribution >= 0.6 is 0 Å². The minimum Gasteiger partial charge on any atom is -0.486 e. The number of carbonyl (C=O) groups excluding carboxylic acids is 2. The van der Waals surface area contributed by atoms with Gasteiger partial charge in [-0.2, -0.15) is 0 Å². The normalized spacial score (nSPS) is 31.6. The van der Waals surface area contributed by atoms with Crippen molar-refractivity contribution in [2.24, 2.45) is 23.2 Å². The molecule has 3 N–H and O–H groups in total. The molecule has 1 aromatic rings. The standard InChI is InChI=1S/C32H44N2O5/c1-4-5-6-7-12-27(36)34(19-20-13-14-21-17-24(20)32(21,2)3)25-18-23(31(38)33-15-16-35)28-22-10-8-9-11-26(22)39-30(28)29(25)37/h4,8-11,18,20-21,24-25,28-30,35,37H,1,5-7,12-17,19H2,2-3H3,(H,33,38). The summed E-state index contributed by atoms with van der Waals surface area (Å²) in [6.45, 7) is 9.04. The first-order chi connectivity index (χ1) is 18.8. The first kappa shape index (κ1) is 27.9. The lowest BCUT2D eigenvalue weighted by Gasteiger charge is -2.61. The number of ether oxygens (including phenoxy) is 1. The molecule has 0 radical (unpaired) electrons. The van der Waals surface area contributed by atoms with Gasteiger partial charge in [0.2, 0.25) is 11.8 Å². The third-order valence-corrected chi connectivity index (χ3v) is 10.0. The zero-order valence-corrected chi connectivity index (χ0v) is 23.4. The topological polar surface area (TPSA) is 99.1 Å². The predicted molar refractivity (Wildman–Crippen MR) is 150 cm³/mol. The summed E-state index contributed by atoms with van der Waals surface area (Å²) in [4.78, 5) is 29.1. The molecule has 3 fully saturated rings. The summed E-state index contributed by atoms with van der Waals surface area (Å²) < 4.78 is 6.26. The molecule has 3 saturated carbocycles. The summed E-state index contributed by atoms with van der Waals surface area (Å²) >= 11 is 0. The van der Waals surface area contributed by atoms with E-state index in [1.807, 2.05) is 41.3 Å². The monoisotopic (exact) mass is 536 g/mol. The number of fused-ring (bicyclic) bond motifs is 5. The number of carbonyl (C=O) groups is 2. The number of hydrogen-bond acceptors (Lipinski definition) is 5. The van der Waals surface area contributed by atoms with Crippen LogP contribution in [0.15, 0.2) is 48.6 Å². The third kappa shape index (κ3) is 5.16. The summed E-state index contributed by atoms with van der Waals surface area (Å²) in [5.41, 5.74) is 1.63. The lowest BCUT2D eigenvalue weighted by Crippen LogP contribution is -2.59. The van der Waals surface area contributed by atoms with Crippen LogP contribution < -0.4 is 10.1 Å². The van der Waals surface area contributed by atoms with Gasteiger partial charge in [-0.25, -0.2) is 0 Å². The lowest BCUT2D eigenvalue weighted by atomic mass is 9.45. The van der Waals surface area contributed by atoms with Crippen molar-refractivity contribution < 1.29 is 24.5 Å².